The molecule has 0 saturated heterocycles. The van der Waals surface area contributed by atoms with Gasteiger partial charge in [-0.15, -0.1) is 0 Å². The van der Waals surface area contributed by atoms with Crippen LogP contribution in [-0.4, -0.2) is 41.1 Å². The smallest absolute Gasteiger partial charge is 0.246 e. The molecule has 0 spiro atoms. The van der Waals surface area contributed by atoms with Gasteiger partial charge in [0.25, 0.3) is 0 Å². The van der Waals surface area contributed by atoms with Crippen LogP contribution >= 0.6 is 11.6 Å². The quantitative estimate of drug-likeness (QED) is 0.291. The van der Waals surface area contributed by atoms with Gasteiger partial charge < -0.3 is 25.1 Å². The highest BCUT2D eigenvalue weighted by molar-refractivity contribution is 6.32. The molecular weight excluding hydrogens is 473 g/mol. The first-order valence-electron chi connectivity index (χ1n) is 10.7. The molecule has 1 amide bonds. The molecule has 0 radical (unpaired) electrons. The summed E-state index contributed by atoms with van der Waals surface area (Å²) in [6.45, 7) is 0.598. The van der Waals surface area contributed by atoms with E-state index in [9.17, 15) is 9.18 Å². The zero-order chi connectivity index (χ0) is 24.6. The van der Waals surface area contributed by atoms with Gasteiger partial charge in [-0.2, -0.15) is 0 Å². The van der Waals surface area contributed by atoms with Crippen LogP contribution in [0.2, 0.25) is 5.02 Å². The molecule has 2 heterocycles. The predicted molar refractivity (Wildman–Crippen MR) is 133 cm³/mol. The fourth-order valence-electron chi connectivity index (χ4n) is 3.31. The van der Waals surface area contributed by atoms with Crippen LogP contribution in [0.4, 0.5) is 15.9 Å². The minimum Gasteiger partial charge on any atom is -0.487 e. The molecule has 4 aromatic rings. The summed E-state index contributed by atoms with van der Waals surface area (Å²) in [5, 5.41) is 6.36. The second kappa shape index (κ2) is 11.5. The van der Waals surface area contributed by atoms with Crippen molar-refractivity contribution in [2.45, 2.75) is 6.61 Å². The molecule has 8 nitrogen and oxygen atoms in total. The lowest BCUT2D eigenvalue weighted by atomic mass is 10.2. The highest BCUT2D eigenvalue weighted by atomic mass is 35.5. The van der Waals surface area contributed by atoms with Gasteiger partial charge in [-0.1, -0.05) is 29.8 Å². The first-order chi connectivity index (χ1) is 17.0. The van der Waals surface area contributed by atoms with Gasteiger partial charge in [0.05, 0.1) is 10.5 Å². The van der Waals surface area contributed by atoms with Crippen molar-refractivity contribution >= 4 is 46.1 Å². The second-order valence-corrected chi connectivity index (χ2v) is 7.94. The maximum absolute atomic E-state index is 13.4. The van der Waals surface area contributed by atoms with Crippen LogP contribution in [0.25, 0.3) is 17.1 Å². The van der Waals surface area contributed by atoms with Crippen LogP contribution in [-0.2, 0) is 16.1 Å². The second-order valence-electron chi connectivity index (χ2n) is 7.54. The predicted octanol–water partition coefficient (Wildman–Crippen LogP) is 4.85. The van der Waals surface area contributed by atoms with Crippen LogP contribution in [0, 0.1) is 5.82 Å². The number of benzene rings is 2. The zero-order valence-corrected chi connectivity index (χ0v) is 19.6. The number of methoxy groups -OCH3 is 1. The Morgan fingerprint density at radius 3 is 2.89 bits per heavy atom. The van der Waals surface area contributed by atoms with Gasteiger partial charge in [0.2, 0.25) is 5.91 Å². The van der Waals surface area contributed by atoms with Gasteiger partial charge >= 0.3 is 0 Å². The van der Waals surface area contributed by atoms with E-state index in [1.165, 1.54) is 25.6 Å². The maximum atomic E-state index is 13.4. The Morgan fingerprint density at radius 1 is 1.20 bits per heavy atom. The Kier molecular flexibility index (Phi) is 7.92. The van der Waals surface area contributed by atoms with E-state index in [0.29, 0.717) is 34.4 Å². The lowest BCUT2D eigenvalue weighted by Crippen LogP contribution is -2.26. The summed E-state index contributed by atoms with van der Waals surface area (Å²) < 4.78 is 23.9. The van der Waals surface area contributed by atoms with Gasteiger partial charge in [-0.05, 0) is 48.0 Å². The molecule has 0 fully saturated rings. The van der Waals surface area contributed by atoms with E-state index < -0.39 is 0 Å². The van der Waals surface area contributed by atoms with Crippen molar-refractivity contribution in [3.63, 3.8) is 0 Å². The van der Waals surface area contributed by atoms with Crippen LogP contribution in [0.3, 0.4) is 0 Å². The molecule has 0 saturated carbocycles. The summed E-state index contributed by atoms with van der Waals surface area (Å²) >= 11 is 6.40. The Bertz CT molecular complexity index is 1360. The minimum absolute atomic E-state index is 0.0228. The number of ether oxygens (including phenoxy) is 2. The third-order valence-corrected chi connectivity index (χ3v) is 5.20. The molecule has 0 atom stereocenters. The van der Waals surface area contributed by atoms with Crippen molar-refractivity contribution in [3.05, 3.63) is 83.0 Å². The van der Waals surface area contributed by atoms with Gasteiger partial charge in [-0.25, -0.2) is 14.4 Å². The molecule has 3 N–H and O–H groups in total. The van der Waals surface area contributed by atoms with E-state index in [2.05, 4.69) is 25.6 Å². The number of anilines is 2. The number of amides is 1. The Morgan fingerprint density at radius 2 is 2.09 bits per heavy atom. The summed E-state index contributed by atoms with van der Waals surface area (Å²) in [7, 11) is 1.47. The van der Waals surface area contributed by atoms with E-state index in [0.717, 1.165) is 16.7 Å². The number of aromatic nitrogens is 3. The molecule has 2 aromatic carbocycles. The summed E-state index contributed by atoms with van der Waals surface area (Å²) in [5.74, 6) is 0.562. The fraction of sp³-hybridized carbons (Fsp3) is 0.160. The van der Waals surface area contributed by atoms with E-state index in [1.54, 1.807) is 24.3 Å². The van der Waals surface area contributed by atoms with Crippen LogP contribution in [0.15, 0.2) is 60.9 Å². The number of nitrogens with one attached hydrogen (secondary N) is 3. The Labute approximate surface area is 206 Å². The van der Waals surface area contributed by atoms with Gasteiger partial charge in [0.1, 0.15) is 36.6 Å². The van der Waals surface area contributed by atoms with Crippen molar-refractivity contribution in [1.29, 1.82) is 0 Å². The normalized spacial score (nSPS) is 11.2. The minimum atomic E-state index is -0.315. The summed E-state index contributed by atoms with van der Waals surface area (Å²) in [5.41, 5.74) is 3.68. The van der Waals surface area contributed by atoms with E-state index in [-0.39, 0.29) is 24.9 Å². The Balaban J connectivity index is 1.42. The molecule has 0 aliphatic heterocycles. The largest absolute Gasteiger partial charge is 0.487 e. The third kappa shape index (κ3) is 6.56. The highest BCUT2D eigenvalue weighted by Gasteiger charge is 2.10. The molecule has 0 unspecified atom stereocenters. The zero-order valence-electron chi connectivity index (χ0n) is 18.8. The molecule has 4 rings (SSSR count). The summed E-state index contributed by atoms with van der Waals surface area (Å²) in [6, 6.07) is 13.4. The van der Waals surface area contributed by atoms with Crippen LogP contribution in [0.1, 0.15) is 11.3 Å². The van der Waals surface area contributed by atoms with Crippen LogP contribution < -0.4 is 15.4 Å². The molecule has 0 aliphatic carbocycles. The summed E-state index contributed by atoms with van der Waals surface area (Å²) in [6.07, 6.45) is 5.14. The van der Waals surface area contributed by atoms with Gasteiger partial charge in [0.15, 0.2) is 5.82 Å². The first kappa shape index (κ1) is 24.2. The Hall–Kier alpha value is -3.95. The molecule has 2 aromatic heterocycles. The highest BCUT2D eigenvalue weighted by Crippen LogP contribution is 2.31. The topological polar surface area (TPSA) is 101 Å². The monoisotopic (exact) mass is 495 g/mol. The number of aromatic amines is 1. The van der Waals surface area contributed by atoms with E-state index >= 15 is 0 Å². The maximum Gasteiger partial charge on any atom is 0.246 e. The fourth-order valence-corrected chi connectivity index (χ4v) is 3.54. The number of nitrogens with zero attached hydrogens (tertiary/aromatic N) is 2. The lowest BCUT2D eigenvalue weighted by molar-refractivity contribution is -0.124. The lowest BCUT2D eigenvalue weighted by Gasteiger charge is -2.11. The molecule has 0 aliphatic rings. The number of carbonyl (C=O) groups is 1. The molecular formula is C25H23ClFN5O3. The first-order valence-corrected chi connectivity index (χ1v) is 11.1. The van der Waals surface area contributed by atoms with Crippen molar-refractivity contribution in [2.75, 3.05) is 25.6 Å². The number of halogens is 2. The summed E-state index contributed by atoms with van der Waals surface area (Å²) in [4.78, 5) is 23.3. The average Bonchev–Trinajstić information content (AvgIpc) is 3.26. The molecule has 10 heteroatoms. The molecule has 0 bridgehead atoms. The molecule has 35 heavy (non-hydrogen) atoms. The average molecular weight is 496 g/mol. The van der Waals surface area contributed by atoms with E-state index in [4.69, 9.17) is 21.1 Å². The van der Waals surface area contributed by atoms with Crippen molar-refractivity contribution in [3.8, 4) is 5.75 Å². The number of fused-ring (bicyclic) bond motifs is 1. The number of hydrogen-bond acceptors (Lipinski definition) is 6. The van der Waals surface area contributed by atoms with E-state index in [1.807, 2.05) is 24.3 Å². The number of rotatable bonds is 10. The standard InChI is InChI=1S/C25H23ClFN5O3/c1-34-14-23(33)28-9-3-6-18-12-21-24(31-18)25(30-15-29-21)32-19-7-8-22(20(26)11-19)35-13-16-4-2-5-17(27)10-16/h2-8,10-12,15,31H,9,13-14H2,1H3,(H,28,33)(H,29,30,32). The van der Waals surface area contributed by atoms with Crippen molar-refractivity contribution in [2.24, 2.45) is 0 Å². The number of H-pyrrole nitrogens is 1. The molecule has 180 valence electrons. The van der Waals surface area contributed by atoms with Crippen molar-refractivity contribution in [1.82, 2.24) is 20.3 Å². The van der Waals surface area contributed by atoms with Gasteiger partial charge in [-0.3, -0.25) is 4.79 Å². The third-order valence-electron chi connectivity index (χ3n) is 4.91. The number of hydrogen-bond donors (Lipinski definition) is 3. The van der Waals surface area contributed by atoms with Crippen LogP contribution in [0.5, 0.6) is 5.75 Å². The van der Waals surface area contributed by atoms with Crippen molar-refractivity contribution < 1.29 is 18.7 Å². The SMILES string of the molecule is COCC(=O)NCC=Cc1cc2ncnc(Nc3ccc(OCc4cccc(F)c4)c(Cl)c3)c2[nH]1. The number of carbonyl (C=O) groups excluding carboxylic acids is 1. The van der Waals surface area contributed by atoms with Gasteiger partial charge in [0, 0.05) is 25.0 Å².